The highest BCUT2D eigenvalue weighted by Gasteiger charge is 2.25. The van der Waals surface area contributed by atoms with Crippen molar-refractivity contribution in [2.75, 3.05) is 33.3 Å². The summed E-state index contributed by atoms with van der Waals surface area (Å²) in [7, 11) is 1.87. The molecule has 1 fully saturated rings. The standard InChI is InChI=1S/C10H20N2O2/c1-9(11(2)7-8-13)10(14)12-5-3-4-6-12/h9,13H,3-8H2,1-2H3. The van der Waals surface area contributed by atoms with Gasteiger partial charge >= 0.3 is 0 Å². The van der Waals surface area contributed by atoms with Gasteiger partial charge in [0.15, 0.2) is 0 Å². The molecule has 4 heteroatoms. The molecule has 82 valence electrons. The fourth-order valence-corrected chi connectivity index (χ4v) is 1.74. The Balaban J connectivity index is 2.42. The number of nitrogens with zero attached hydrogens (tertiary/aromatic N) is 2. The van der Waals surface area contributed by atoms with Crippen molar-refractivity contribution in [3.63, 3.8) is 0 Å². The molecule has 1 N–H and O–H groups in total. The van der Waals surface area contributed by atoms with Gasteiger partial charge in [-0.25, -0.2) is 0 Å². The molecule has 0 aromatic rings. The second kappa shape index (κ2) is 5.32. The summed E-state index contributed by atoms with van der Waals surface area (Å²) in [5, 5.41) is 8.77. The first kappa shape index (κ1) is 11.5. The highest BCUT2D eigenvalue weighted by molar-refractivity contribution is 5.81. The molecule has 0 bridgehead atoms. The van der Waals surface area contributed by atoms with Crippen LogP contribution in [0.3, 0.4) is 0 Å². The molecule has 1 aliphatic heterocycles. The highest BCUT2D eigenvalue weighted by atomic mass is 16.3. The van der Waals surface area contributed by atoms with E-state index >= 15 is 0 Å². The van der Waals surface area contributed by atoms with E-state index in [1.54, 1.807) is 0 Å². The number of rotatable bonds is 4. The smallest absolute Gasteiger partial charge is 0.239 e. The van der Waals surface area contributed by atoms with Gasteiger partial charge in [-0.2, -0.15) is 0 Å². The summed E-state index contributed by atoms with van der Waals surface area (Å²) in [5.41, 5.74) is 0. The van der Waals surface area contributed by atoms with Gasteiger partial charge < -0.3 is 10.0 Å². The van der Waals surface area contributed by atoms with E-state index in [1.165, 1.54) is 0 Å². The van der Waals surface area contributed by atoms with Crippen LogP contribution in [-0.4, -0.2) is 60.1 Å². The lowest BCUT2D eigenvalue weighted by Crippen LogP contribution is -2.45. The summed E-state index contributed by atoms with van der Waals surface area (Å²) in [6.07, 6.45) is 2.25. The number of hydrogen-bond acceptors (Lipinski definition) is 3. The summed E-state index contributed by atoms with van der Waals surface area (Å²) in [6, 6.07) is -0.111. The Morgan fingerprint density at radius 2 is 2.07 bits per heavy atom. The molecule has 0 aromatic heterocycles. The van der Waals surface area contributed by atoms with Gasteiger partial charge in [-0.1, -0.05) is 0 Å². The normalized spacial score (nSPS) is 19.0. The molecule has 14 heavy (non-hydrogen) atoms. The van der Waals surface area contributed by atoms with Crippen LogP contribution in [0, 0.1) is 0 Å². The Labute approximate surface area is 85.5 Å². The summed E-state index contributed by atoms with van der Waals surface area (Å²) in [6.45, 7) is 4.36. The molecule has 1 rings (SSSR count). The minimum absolute atomic E-state index is 0.105. The van der Waals surface area contributed by atoms with Crippen LogP contribution in [0.1, 0.15) is 19.8 Å². The third-order valence-electron chi connectivity index (χ3n) is 2.89. The van der Waals surface area contributed by atoms with Gasteiger partial charge in [0.25, 0.3) is 0 Å². The number of amides is 1. The Morgan fingerprint density at radius 3 is 2.57 bits per heavy atom. The maximum Gasteiger partial charge on any atom is 0.239 e. The molecule has 1 atom stereocenters. The highest BCUT2D eigenvalue weighted by Crippen LogP contribution is 2.10. The maximum absolute atomic E-state index is 11.9. The van der Waals surface area contributed by atoms with E-state index < -0.39 is 0 Å². The van der Waals surface area contributed by atoms with Gasteiger partial charge in [0.05, 0.1) is 12.6 Å². The lowest BCUT2D eigenvalue weighted by atomic mass is 10.2. The van der Waals surface area contributed by atoms with Crippen LogP contribution in [-0.2, 0) is 4.79 Å². The molecule has 0 spiro atoms. The van der Waals surface area contributed by atoms with Crippen molar-refractivity contribution < 1.29 is 9.90 Å². The van der Waals surface area contributed by atoms with Crippen molar-refractivity contribution in [1.82, 2.24) is 9.80 Å². The molecular formula is C10H20N2O2. The Bertz CT molecular complexity index is 191. The predicted octanol–water partition coefficient (Wildman–Crippen LogP) is -0.0786. The van der Waals surface area contributed by atoms with Gasteiger partial charge in [-0.15, -0.1) is 0 Å². The monoisotopic (exact) mass is 200 g/mol. The van der Waals surface area contributed by atoms with Crippen molar-refractivity contribution >= 4 is 5.91 Å². The van der Waals surface area contributed by atoms with Crippen LogP contribution in [0.4, 0.5) is 0 Å². The summed E-state index contributed by atoms with van der Waals surface area (Å²) < 4.78 is 0. The zero-order valence-electron chi connectivity index (χ0n) is 9.07. The Hall–Kier alpha value is -0.610. The van der Waals surface area contributed by atoms with Crippen molar-refractivity contribution in [2.24, 2.45) is 0 Å². The summed E-state index contributed by atoms with van der Waals surface area (Å²) in [5.74, 6) is 0.193. The van der Waals surface area contributed by atoms with Crippen molar-refractivity contribution in [1.29, 1.82) is 0 Å². The van der Waals surface area contributed by atoms with E-state index in [0.717, 1.165) is 25.9 Å². The molecule has 0 saturated carbocycles. The fraction of sp³-hybridized carbons (Fsp3) is 0.900. The molecule has 0 radical (unpaired) electrons. The van der Waals surface area contributed by atoms with E-state index in [4.69, 9.17) is 5.11 Å². The van der Waals surface area contributed by atoms with Gasteiger partial charge in [0.1, 0.15) is 0 Å². The molecular weight excluding hydrogens is 180 g/mol. The molecule has 0 aliphatic carbocycles. The van der Waals surface area contributed by atoms with E-state index in [9.17, 15) is 4.79 Å². The van der Waals surface area contributed by atoms with Crippen molar-refractivity contribution in [3.8, 4) is 0 Å². The molecule has 0 aromatic carbocycles. The molecule has 1 saturated heterocycles. The zero-order valence-corrected chi connectivity index (χ0v) is 9.07. The van der Waals surface area contributed by atoms with E-state index in [-0.39, 0.29) is 18.6 Å². The summed E-state index contributed by atoms with van der Waals surface area (Å²) >= 11 is 0. The molecule has 4 nitrogen and oxygen atoms in total. The average Bonchev–Trinajstić information content (AvgIpc) is 2.68. The Kier molecular flexibility index (Phi) is 4.35. The van der Waals surface area contributed by atoms with Gasteiger partial charge in [-0.3, -0.25) is 9.69 Å². The van der Waals surface area contributed by atoms with Crippen LogP contribution in [0.25, 0.3) is 0 Å². The first-order chi connectivity index (χ1) is 6.66. The number of likely N-dealkylation sites (tertiary alicyclic amines) is 1. The minimum Gasteiger partial charge on any atom is -0.395 e. The van der Waals surface area contributed by atoms with Crippen LogP contribution < -0.4 is 0 Å². The first-order valence-corrected chi connectivity index (χ1v) is 5.26. The second-order valence-electron chi connectivity index (χ2n) is 3.91. The first-order valence-electron chi connectivity index (χ1n) is 5.26. The van der Waals surface area contributed by atoms with Crippen molar-refractivity contribution in [2.45, 2.75) is 25.8 Å². The lowest BCUT2D eigenvalue weighted by Gasteiger charge is -2.27. The maximum atomic E-state index is 11.9. The van der Waals surface area contributed by atoms with Crippen LogP contribution in [0.2, 0.25) is 0 Å². The van der Waals surface area contributed by atoms with Crippen LogP contribution in [0.15, 0.2) is 0 Å². The average molecular weight is 200 g/mol. The van der Waals surface area contributed by atoms with Crippen LogP contribution >= 0.6 is 0 Å². The predicted molar refractivity (Wildman–Crippen MR) is 55.0 cm³/mol. The van der Waals surface area contributed by atoms with Gasteiger partial charge in [0, 0.05) is 19.6 Å². The zero-order chi connectivity index (χ0) is 10.6. The van der Waals surface area contributed by atoms with Gasteiger partial charge in [0.2, 0.25) is 5.91 Å². The number of aliphatic hydroxyl groups is 1. The number of carbonyl (C=O) groups excluding carboxylic acids is 1. The fourth-order valence-electron chi connectivity index (χ4n) is 1.74. The van der Waals surface area contributed by atoms with Gasteiger partial charge in [-0.05, 0) is 26.8 Å². The third-order valence-corrected chi connectivity index (χ3v) is 2.89. The van der Waals surface area contributed by atoms with Crippen molar-refractivity contribution in [3.05, 3.63) is 0 Å². The van der Waals surface area contributed by atoms with E-state index in [2.05, 4.69) is 0 Å². The topological polar surface area (TPSA) is 43.8 Å². The van der Waals surface area contributed by atoms with Crippen LogP contribution in [0.5, 0.6) is 0 Å². The number of carbonyl (C=O) groups is 1. The SMILES string of the molecule is CC(C(=O)N1CCCC1)N(C)CCO. The minimum atomic E-state index is -0.111. The largest absolute Gasteiger partial charge is 0.395 e. The number of aliphatic hydroxyl groups excluding tert-OH is 1. The number of likely N-dealkylation sites (N-methyl/N-ethyl adjacent to an activating group) is 1. The molecule has 1 amide bonds. The quantitative estimate of drug-likeness (QED) is 0.690. The second-order valence-corrected chi connectivity index (χ2v) is 3.91. The van der Waals surface area contributed by atoms with E-state index in [1.807, 2.05) is 23.8 Å². The van der Waals surface area contributed by atoms with E-state index in [0.29, 0.717) is 6.54 Å². The molecule has 1 heterocycles. The molecule has 1 unspecified atom stereocenters. The third kappa shape index (κ3) is 2.69. The summed E-state index contributed by atoms with van der Waals surface area (Å²) in [4.78, 5) is 15.7. The number of hydrogen-bond donors (Lipinski definition) is 1. The Morgan fingerprint density at radius 1 is 1.50 bits per heavy atom. The molecule has 1 aliphatic rings. The lowest BCUT2D eigenvalue weighted by molar-refractivity contribution is -0.134.